The molecule has 1 saturated carbocycles. The van der Waals surface area contributed by atoms with Crippen LogP contribution in [0.1, 0.15) is 25.7 Å². The number of aromatic nitrogens is 4. The average molecular weight is 524 g/mol. The summed E-state index contributed by atoms with van der Waals surface area (Å²) < 4.78 is 22.5. The molecule has 2 N–H and O–H groups in total. The van der Waals surface area contributed by atoms with Gasteiger partial charge in [-0.3, -0.25) is 4.79 Å². The first kappa shape index (κ1) is 24.6. The molecule has 1 aliphatic heterocycles. The zero-order chi connectivity index (χ0) is 26.9. The van der Waals surface area contributed by atoms with Gasteiger partial charge in [-0.1, -0.05) is 24.3 Å². The number of ether oxygens (including phenoxy) is 1. The number of nitrogens with zero attached hydrogens (tertiary/aromatic N) is 6. The molecule has 1 amide bonds. The van der Waals surface area contributed by atoms with Crippen molar-refractivity contribution in [3.8, 4) is 28.8 Å². The third-order valence-electron chi connectivity index (χ3n) is 7.13. The largest absolute Gasteiger partial charge is 0.454 e. The fourth-order valence-corrected chi connectivity index (χ4v) is 5.01. The molecule has 4 aromatic rings. The summed E-state index contributed by atoms with van der Waals surface area (Å²) in [6.45, 7) is 0.934. The lowest BCUT2D eigenvalue weighted by Crippen LogP contribution is -2.39. The van der Waals surface area contributed by atoms with Crippen molar-refractivity contribution in [1.82, 2.24) is 24.6 Å². The molecule has 2 aliphatic rings. The van der Waals surface area contributed by atoms with Crippen molar-refractivity contribution in [3.05, 3.63) is 72.3 Å². The van der Waals surface area contributed by atoms with Crippen molar-refractivity contribution >= 4 is 22.8 Å². The summed E-state index contributed by atoms with van der Waals surface area (Å²) in [5.74, 6) is 0.378. The molecule has 10 heteroatoms. The molecule has 2 aromatic carbocycles. The summed E-state index contributed by atoms with van der Waals surface area (Å²) >= 11 is 0. The molecule has 39 heavy (non-hydrogen) atoms. The molecule has 0 radical (unpaired) electrons. The van der Waals surface area contributed by atoms with Crippen LogP contribution in [-0.2, 0) is 11.3 Å². The highest BCUT2D eigenvalue weighted by Gasteiger charge is 2.33. The van der Waals surface area contributed by atoms with Gasteiger partial charge in [0.25, 0.3) is 5.91 Å². The minimum absolute atomic E-state index is 0.0885. The van der Waals surface area contributed by atoms with Crippen LogP contribution in [0.15, 0.2) is 66.5 Å². The zero-order valence-electron chi connectivity index (χ0n) is 21.1. The topological polar surface area (TPSA) is 123 Å². The van der Waals surface area contributed by atoms with Crippen LogP contribution in [0.4, 0.5) is 10.2 Å². The van der Waals surface area contributed by atoms with E-state index >= 15 is 4.39 Å². The highest BCUT2D eigenvalue weighted by molar-refractivity contribution is 5.99. The van der Waals surface area contributed by atoms with Crippen molar-refractivity contribution in [1.29, 1.82) is 5.26 Å². The van der Waals surface area contributed by atoms with E-state index in [1.807, 2.05) is 18.2 Å². The van der Waals surface area contributed by atoms with Crippen LogP contribution < -0.4 is 10.5 Å². The van der Waals surface area contributed by atoms with Crippen molar-refractivity contribution in [2.45, 2.75) is 38.3 Å². The van der Waals surface area contributed by atoms with Gasteiger partial charge in [0.1, 0.15) is 35.2 Å². The molecule has 1 aliphatic carbocycles. The summed E-state index contributed by atoms with van der Waals surface area (Å²) in [5, 5.41) is 14.9. The molecule has 2 fully saturated rings. The highest BCUT2D eigenvalue weighted by atomic mass is 19.1. The average Bonchev–Trinajstić information content (AvgIpc) is 3.52. The van der Waals surface area contributed by atoms with Gasteiger partial charge in [-0.15, -0.1) is 0 Å². The molecule has 2 aromatic heterocycles. The Morgan fingerprint density at radius 2 is 2.00 bits per heavy atom. The SMILES string of the molecule is N#C/C(=C\C1CC1)C(=O)N1CCC[C@H]1Cn1nc(-c2ccc(Oc3ccccc3)c(F)c2)c2c(N)ncnc21. The van der Waals surface area contributed by atoms with Gasteiger partial charge in [-0.2, -0.15) is 10.4 Å². The predicted octanol–water partition coefficient (Wildman–Crippen LogP) is 4.86. The minimum Gasteiger partial charge on any atom is -0.454 e. The van der Waals surface area contributed by atoms with Gasteiger partial charge < -0.3 is 15.4 Å². The number of nitrogens with two attached hydrogens (primary N) is 1. The second-order valence-electron chi connectivity index (χ2n) is 9.87. The van der Waals surface area contributed by atoms with Crippen molar-refractivity contribution < 1.29 is 13.9 Å². The Morgan fingerprint density at radius 3 is 2.74 bits per heavy atom. The van der Waals surface area contributed by atoms with E-state index in [1.54, 1.807) is 39.9 Å². The van der Waals surface area contributed by atoms with E-state index < -0.39 is 5.82 Å². The van der Waals surface area contributed by atoms with Crippen LogP contribution in [0, 0.1) is 23.1 Å². The summed E-state index contributed by atoms with van der Waals surface area (Å²) in [6.07, 6.45) is 6.80. The molecule has 0 spiro atoms. The van der Waals surface area contributed by atoms with Gasteiger partial charge in [0.15, 0.2) is 17.2 Å². The Kier molecular flexibility index (Phi) is 6.40. The van der Waals surface area contributed by atoms with Gasteiger partial charge in [-0.05, 0) is 61.9 Å². The number of carbonyl (C=O) groups is 1. The number of para-hydroxylation sites is 1. The first-order valence-corrected chi connectivity index (χ1v) is 12.9. The lowest BCUT2D eigenvalue weighted by atomic mass is 10.1. The quantitative estimate of drug-likeness (QED) is 0.271. The van der Waals surface area contributed by atoms with Crippen LogP contribution in [0.25, 0.3) is 22.3 Å². The molecule has 9 nitrogen and oxygen atoms in total. The number of nitriles is 1. The zero-order valence-corrected chi connectivity index (χ0v) is 21.1. The van der Waals surface area contributed by atoms with Crippen molar-refractivity contribution in [2.75, 3.05) is 12.3 Å². The number of fused-ring (bicyclic) bond motifs is 1. The molecule has 196 valence electrons. The number of carbonyl (C=O) groups excluding carboxylic acids is 1. The molecule has 0 unspecified atom stereocenters. The molecule has 3 heterocycles. The van der Waals surface area contributed by atoms with Gasteiger partial charge in [0, 0.05) is 12.1 Å². The molecular formula is C29H26FN7O2. The van der Waals surface area contributed by atoms with Crippen molar-refractivity contribution in [2.24, 2.45) is 5.92 Å². The first-order chi connectivity index (χ1) is 19.0. The molecule has 0 bridgehead atoms. The number of likely N-dealkylation sites (tertiary alicyclic amines) is 1. The van der Waals surface area contributed by atoms with E-state index in [-0.39, 0.29) is 29.1 Å². The third kappa shape index (κ3) is 4.91. The Balaban J connectivity index is 1.31. The number of hydrogen-bond donors (Lipinski definition) is 1. The Hall–Kier alpha value is -4.78. The van der Waals surface area contributed by atoms with Crippen LogP contribution in [0.2, 0.25) is 0 Å². The van der Waals surface area contributed by atoms with E-state index in [0.29, 0.717) is 47.0 Å². The fourth-order valence-electron chi connectivity index (χ4n) is 5.01. The van der Waals surface area contributed by atoms with Gasteiger partial charge in [-0.25, -0.2) is 19.0 Å². The number of anilines is 1. The molecule has 1 atom stereocenters. The number of hydrogen-bond acceptors (Lipinski definition) is 7. The summed E-state index contributed by atoms with van der Waals surface area (Å²) in [4.78, 5) is 23.5. The second-order valence-corrected chi connectivity index (χ2v) is 9.87. The second kappa shape index (κ2) is 10.2. The monoisotopic (exact) mass is 523 g/mol. The Bertz CT molecular complexity index is 1620. The van der Waals surface area contributed by atoms with Crippen LogP contribution in [0.5, 0.6) is 11.5 Å². The number of halogens is 1. The predicted molar refractivity (Wildman–Crippen MR) is 143 cm³/mol. The van der Waals surface area contributed by atoms with Gasteiger partial charge >= 0.3 is 0 Å². The first-order valence-electron chi connectivity index (χ1n) is 12.9. The van der Waals surface area contributed by atoms with Crippen LogP contribution in [0.3, 0.4) is 0 Å². The van der Waals surface area contributed by atoms with Gasteiger partial charge in [0.05, 0.1) is 18.0 Å². The number of allylic oxidation sites excluding steroid dienone is 1. The van der Waals surface area contributed by atoms with E-state index in [9.17, 15) is 10.1 Å². The van der Waals surface area contributed by atoms with Crippen LogP contribution in [-0.4, -0.2) is 43.1 Å². The van der Waals surface area contributed by atoms with Gasteiger partial charge in [0.2, 0.25) is 0 Å². The number of benzene rings is 2. The minimum atomic E-state index is -0.548. The maximum absolute atomic E-state index is 15.1. The normalized spacial score (nSPS) is 17.4. The lowest BCUT2D eigenvalue weighted by Gasteiger charge is -2.24. The molecule has 6 rings (SSSR count). The molecule has 1 saturated heterocycles. The third-order valence-corrected chi connectivity index (χ3v) is 7.13. The summed E-state index contributed by atoms with van der Waals surface area (Å²) in [5.41, 5.74) is 7.88. The fraction of sp³-hybridized carbons (Fsp3) is 0.276. The maximum atomic E-state index is 15.1. The lowest BCUT2D eigenvalue weighted by molar-refractivity contribution is -0.127. The Morgan fingerprint density at radius 1 is 1.18 bits per heavy atom. The van der Waals surface area contributed by atoms with Crippen LogP contribution >= 0.6 is 0 Å². The van der Waals surface area contributed by atoms with E-state index in [4.69, 9.17) is 15.6 Å². The van der Waals surface area contributed by atoms with Crippen molar-refractivity contribution in [3.63, 3.8) is 0 Å². The maximum Gasteiger partial charge on any atom is 0.264 e. The molecular weight excluding hydrogens is 497 g/mol. The number of amides is 1. The van der Waals surface area contributed by atoms with E-state index in [0.717, 1.165) is 25.7 Å². The highest BCUT2D eigenvalue weighted by Crippen LogP contribution is 2.35. The summed E-state index contributed by atoms with van der Waals surface area (Å²) in [7, 11) is 0. The Labute approximate surface area is 224 Å². The smallest absolute Gasteiger partial charge is 0.264 e. The van der Waals surface area contributed by atoms with E-state index in [1.165, 1.54) is 12.4 Å². The number of rotatable bonds is 7. The standard InChI is InChI=1S/C29H26FN7O2/c30-23-14-19(10-11-24(23)39-22-6-2-1-3-7-22)26-25-27(32)33-17-34-28(25)37(35-26)16-21-5-4-12-36(21)29(38)20(15-31)13-18-8-9-18/h1-3,6-7,10-11,13-14,17-18,21H,4-5,8-9,12,16H2,(H2,32,33,34)/b20-13+/t21-/m0/s1. The number of nitrogen functional groups attached to an aromatic ring is 1. The van der Waals surface area contributed by atoms with E-state index in [2.05, 4.69) is 16.0 Å². The summed E-state index contributed by atoms with van der Waals surface area (Å²) in [6, 6.07) is 15.5.